The molecule has 1 aliphatic rings. The van der Waals surface area contributed by atoms with E-state index < -0.39 is 0 Å². The SMILES string of the molecule is O=C1CCCC(=O)N1c1cc[n+](-c2nc3ccccc3o2)cc1. The number of piperidine rings is 1. The summed E-state index contributed by atoms with van der Waals surface area (Å²) in [4.78, 5) is 29.5. The second-order valence-corrected chi connectivity index (χ2v) is 5.40. The van der Waals surface area contributed by atoms with Crippen molar-refractivity contribution >= 4 is 28.6 Å². The second kappa shape index (κ2) is 5.31. The summed E-state index contributed by atoms with van der Waals surface area (Å²) in [7, 11) is 0. The lowest BCUT2D eigenvalue weighted by atomic mass is 10.1. The van der Waals surface area contributed by atoms with Gasteiger partial charge in [0.05, 0.1) is 5.69 Å². The van der Waals surface area contributed by atoms with Crippen LogP contribution in [0.15, 0.2) is 53.2 Å². The monoisotopic (exact) mass is 308 g/mol. The molecule has 0 aliphatic carbocycles. The minimum Gasteiger partial charge on any atom is -0.384 e. The molecule has 1 aliphatic heterocycles. The van der Waals surface area contributed by atoms with E-state index in [9.17, 15) is 9.59 Å². The van der Waals surface area contributed by atoms with Gasteiger partial charge >= 0.3 is 6.01 Å². The summed E-state index contributed by atoms with van der Waals surface area (Å²) in [5.74, 6) is -0.304. The number of benzene rings is 1. The van der Waals surface area contributed by atoms with Gasteiger partial charge in [-0.05, 0) is 18.6 Å². The first-order valence-electron chi connectivity index (χ1n) is 7.45. The number of rotatable bonds is 2. The molecule has 0 radical (unpaired) electrons. The third-order valence-corrected chi connectivity index (χ3v) is 3.85. The Hall–Kier alpha value is -3.02. The van der Waals surface area contributed by atoms with Crippen LogP contribution in [0.3, 0.4) is 0 Å². The molecular formula is C17H14N3O3+. The first-order valence-corrected chi connectivity index (χ1v) is 7.45. The van der Waals surface area contributed by atoms with Gasteiger partial charge in [-0.2, -0.15) is 4.57 Å². The summed E-state index contributed by atoms with van der Waals surface area (Å²) < 4.78 is 7.40. The maximum Gasteiger partial charge on any atom is 0.509 e. The maximum absolute atomic E-state index is 11.9. The van der Waals surface area contributed by atoms with E-state index >= 15 is 0 Å². The van der Waals surface area contributed by atoms with Gasteiger partial charge in [0.1, 0.15) is 12.4 Å². The predicted molar refractivity (Wildman–Crippen MR) is 81.9 cm³/mol. The molecule has 1 saturated heterocycles. The van der Waals surface area contributed by atoms with E-state index in [1.807, 2.05) is 24.3 Å². The number of amides is 2. The molecule has 6 heteroatoms. The molecule has 1 aromatic carbocycles. The number of carbonyl (C=O) groups is 2. The molecule has 0 bridgehead atoms. The molecule has 3 aromatic rings. The van der Waals surface area contributed by atoms with Gasteiger partial charge in [-0.1, -0.05) is 12.1 Å². The molecule has 2 aromatic heterocycles. The Kier molecular flexibility index (Phi) is 3.15. The van der Waals surface area contributed by atoms with E-state index in [4.69, 9.17) is 4.42 Å². The Morgan fingerprint density at radius 3 is 2.39 bits per heavy atom. The quantitative estimate of drug-likeness (QED) is 0.537. The molecule has 0 spiro atoms. The van der Waals surface area contributed by atoms with Crippen molar-refractivity contribution < 1.29 is 18.6 Å². The third kappa shape index (κ3) is 2.38. The topological polar surface area (TPSA) is 67.3 Å². The molecule has 0 N–H and O–H groups in total. The van der Waals surface area contributed by atoms with Crippen LogP contribution in [-0.4, -0.2) is 16.8 Å². The van der Waals surface area contributed by atoms with Gasteiger partial charge in [-0.3, -0.25) is 14.5 Å². The smallest absolute Gasteiger partial charge is 0.384 e. The van der Waals surface area contributed by atoms with Crippen molar-refractivity contribution in [2.75, 3.05) is 4.90 Å². The highest BCUT2D eigenvalue weighted by Gasteiger charge is 2.28. The predicted octanol–water partition coefficient (Wildman–Crippen LogP) is 2.15. The molecule has 114 valence electrons. The number of hydrogen-bond donors (Lipinski definition) is 0. The Balaban J connectivity index is 1.67. The van der Waals surface area contributed by atoms with Crippen molar-refractivity contribution in [3.63, 3.8) is 0 Å². The Morgan fingerprint density at radius 1 is 1.00 bits per heavy atom. The lowest BCUT2D eigenvalue weighted by Gasteiger charge is -2.24. The van der Waals surface area contributed by atoms with Crippen molar-refractivity contribution in [2.45, 2.75) is 19.3 Å². The minimum absolute atomic E-state index is 0.152. The summed E-state index contributed by atoms with van der Waals surface area (Å²) in [5.41, 5.74) is 2.06. The van der Waals surface area contributed by atoms with Crippen LogP contribution in [0.2, 0.25) is 0 Å². The van der Waals surface area contributed by atoms with Gasteiger partial charge in [0, 0.05) is 30.0 Å². The molecular weight excluding hydrogens is 294 g/mol. The Bertz CT molecular complexity index is 850. The standard InChI is InChI=1S/C17H14N3O3/c21-15-6-3-7-16(22)20(15)12-8-10-19(11-9-12)17-18-13-4-1-2-5-14(13)23-17/h1-2,4-5,8-11H,3,6-7H2/q+1. The highest BCUT2D eigenvalue weighted by Crippen LogP contribution is 2.21. The Morgan fingerprint density at radius 2 is 1.70 bits per heavy atom. The molecule has 1 fully saturated rings. The number of para-hydroxylation sites is 2. The average molecular weight is 308 g/mol. The van der Waals surface area contributed by atoms with Gasteiger partial charge < -0.3 is 4.42 Å². The molecule has 0 saturated carbocycles. The number of imide groups is 1. The Labute approximate surface area is 132 Å². The highest BCUT2D eigenvalue weighted by atomic mass is 16.4. The van der Waals surface area contributed by atoms with Crippen LogP contribution in [0.25, 0.3) is 17.1 Å². The summed E-state index contributed by atoms with van der Waals surface area (Å²) in [5, 5.41) is 0. The first-order chi connectivity index (χ1) is 11.2. The second-order valence-electron chi connectivity index (χ2n) is 5.40. The average Bonchev–Trinajstić information content (AvgIpc) is 2.99. The van der Waals surface area contributed by atoms with E-state index in [1.54, 1.807) is 29.1 Å². The lowest BCUT2D eigenvalue weighted by molar-refractivity contribution is -0.612. The zero-order valence-electron chi connectivity index (χ0n) is 12.3. The van der Waals surface area contributed by atoms with Gasteiger partial charge in [0.25, 0.3) is 0 Å². The number of pyridine rings is 1. The van der Waals surface area contributed by atoms with Gasteiger partial charge in [-0.25, -0.2) is 0 Å². The lowest BCUT2D eigenvalue weighted by Crippen LogP contribution is -2.41. The number of hydrogen-bond acceptors (Lipinski definition) is 4. The highest BCUT2D eigenvalue weighted by molar-refractivity contribution is 6.16. The van der Waals surface area contributed by atoms with Crippen LogP contribution in [0.5, 0.6) is 0 Å². The number of oxazole rings is 1. The van der Waals surface area contributed by atoms with Gasteiger partial charge in [0.2, 0.25) is 17.3 Å². The van der Waals surface area contributed by atoms with Crippen LogP contribution in [0.4, 0.5) is 5.69 Å². The van der Waals surface area contributed by atoms with Crippen LogP contribution >= 0.6 is 0 Å². The van der Waals surface area contributed by atoms with Crippen molar-refractivity contribution in [3.05, 3.63) is 48.8 Å². The minimum atomic E-state index is -0.152. The number of fused-ring (bicyclic) bond motifs is 1. The molecule has 23 heavy (non-hydrogen) atoms. The van der Waals surface area contributed by atoms with E-state index in [1.165, 1.54) is 4.90 Å². The first kappa shape index (κ1) is 13.6. The van der Waals surface area contributed by atoms with Crippen molar-refractivity contribution in [1.29, 1.82) is 0 Å². The normalized spacial score (nSPS) is 15.4. The molecule has 3 heterocycles. The zero-order valence-corrected chi connectivity index (χ0v) is 12.3. The fraction of sp³-hybridized carbons (Fsp3) is 0.176. The molecule has 0 atom stereocenters. The summed E-state index contributed by atoms with van der Waals surface area (Å²) in [6.07, 6.45) is 4.91. The molecule has 4 rings (SSSR count). The molecule has 2 amide bonds. The molecule has 0 unspecified atom stereocenters. The van der Waals surface area contributed by atoms with Crippen LogP contribution < -0.4 is 9.47 Å². The van der Waals surface area contributed by atoms with Crippen molar-refractivity contribution in [1.82, 2.24) is 4.98 Å². The maximum atomic E-state index is 11.9. The third-order valence-electron chi connectivity index (χ3n) is 3.85. The summed E-state index contributed by atoms with van der Waals surface area (Å²) in [6.45, 7) is 0. The summed E-state index contributed by atoms with van der Waals surface area (Å²) >= 11 is 0. The largest absolute Gasteiger partial charge is 0.509 e. The summed E-state index contributed by atoms with van der Waals surface area (Å²) in [6, 6.07) is 11.4. The van der Waals surface area contributed by atoms with E-state index in [2.05, 4.69) is 4.98 Å². The molecule has 6 nitrogen and oxygen atoms in total. The fourth-order valence-electron chi connectivity index (χ4n) is 2.71. The van der Waals surface area contributed by atoms with Gasteiger partial charge in [-0.15, -0.1) is 0 Å². The number of nitrogens with zero attached hydrogens (tertiary/aromatic N) is 3. The van der Waals surface area contributed by atoms with Crippen molar-refractivity contribution in [2.24, 2.45) is 0 Å². The number of anilines is 1. The van der Waals surface area contributed by atoms with Gasteiger partial charge in [0.15, 0.2) is 5.58 Å². The van der Waals surface area contributed by atoms with E-state index in [-0.39, 0.29) is 11.8 Å². The van der Waals surface area contributed by atoms with Crippen LogP contribution in [-0.2, 0) is 9.59 Å². The number of carbonyl (C=O) groups excluding carboxylic acids is 2. The van der Waals surface area contributed by atoms with E-state index in [0.717, 1.165) is 5.52 Å². The van der Waals surface area contributed by atoms with Crippen molar-refractivity contribution in [3.8, 4) is 6.01 Å². The van der Waals surface area contributed by atoms with E-state index in [0.29, 0.717) is 36.5 Å². The zero-order chi connectivity index (χ0) is 15.8. The fourth-order valence-corrected chi connectivity index (χ4v) is 2.71. The van der Waals surface area contributed by atoms with Crippen LogP contribution in [0.1, 0.15) is 19.3 Å². The number of aromatic nitrogens is 2. The van der Waals surface area contributed by atoms with Crippen LogP contribution in [0, 0.1) is 0 Å².